The van der Waals surface area contributed by atoms with Crippen LogP contribution in [-0.4, -0.2) is 16.8 Å². The number of carbonyl (C=O) groups excluding carboxylic acids is 2. The lowest BCUT2D eigenvalue weighted by atomic mass is 9.69. The second-order valence-corrected chi connectivity index (χ2v) is 11.9. The van der Waals surface area contributed by atoms with Gasteiger partial charge in [0, 0.05) is 20.8 Å². The Morgan fingerprint density at radius 1 is 1.16 bits per heavy atom. The van der Waals surface area contributed by atoms with Gasteiger partial charge in [0.15, 0.2) is 0 Å². The molecule has 0 spiro atoms. The Morgan fingerprint density at radius 3 is 2.62 bits per heavy atom. The van der Waals surface area contributed by atoms with E-state index >= 15 is 0 Å². The zero-order valence-electron chi connectivity index (χ0n) is 21.2. The number of anilines is 1. The zero-order valence-corrected chi connectivity index (χ0v) is 22.8. The minimum atomic E-state index is -0.502. The SMILES string of the molecule is CCC(C)(C)C1CCc2c(sc(NC(=O)c3cc(-c4ccccc4Cl)nc4ccccc34)c2C(N)=O)C1. The molecular formula is C30H30ClN3O2S. The number of primary amides is 1. The molecule has 0 fully saturated rings. The van der Waals surface area contributed by atoms with Crippen LogP contribution in [0.1, 0.15) is 64.8 Å². The number of aromatic nitrogens is 1. The van der Waals surface area contributed by atoms with E-state index in [1.165, 1.54) is 11.3 Å². The van der Waals surface area contributed by atoms with Crippen molar-refractivity contribution in [1.82, 2.24) is 4.98 Å². The minimum absolute atomic E-state index is 0.211. The van der Waals surface area contributed by atoms with Gasteiger partial charge in [0.2, 0.25) is 0 Å². The molecule has 1 unspecified atom stereocenters. The number of halogens is 1. The molecule has 4 aromatic rings. The molecular weight excluding hydrogens is 502 g/mol. The van der Waals surface area contributed by atoms with E-state index in [-0.39, 0.29) is 11.3 Å². The Balaban J connectivity index is 1.55. The Bertz CT molecular complexity index is 1520. The standard InChI is InChI=1S/C30H30ClN3O2S/c1-4-30(2,3)17-13-14-20-25(15-17)37-29(26(20)27(32)35)34-28(36)21-16-24(19-10-5-7-11-22(19)31)33-23-12-8-6-9-18(21)23/h5-12,16-17H,4,13-15H2,1-3H3,(H2,32,35)(H,34,36). The molecule has 2 heterocycles. The van der Waals surface area contributed by atoms with E-state index in [0.717, 1.165) is 47.1 Å². The van der Waals surface area contributed by atoms with Crippen molar-refractivity contribution >= 4 is 50.7 Å². The van der Waals surface area contributed by atoms with Gasteiger partial charge < -0.3 is 11.1 Å². The highest BCUT2D eigenvalue weighted by molar-refractivity contribution is 7.17. The van der Waals surface area contributed by atoms with Gasteiger partial charge in [-0.05, 0) is 54.4 Å². The molecule has 0 aliphatic heterocycles. The maximum Gasteiger partial charge on any atom is 0.257 e. The Labute approximate surface area is 226 Å². The first-order valence-corrected chi connectivity index (χ1v) is 13.8. The van der Waals surface area contributed by atoms with Crippen LogP contribution in [-0.2, 0) is 12.8 Å². The average molecular weight is 532 g/mol. The molecule has 5 nitrogen and oxygen atoms in total. The van der Waals surface area contributed by atoms with Crippen molar-refractivity contribution in [2.24, 2.45) is 17.1 Å². The number of nitrogens with zero attached hydrogens (tertiary/aromatic N) is 1. The minimum Gasteiger partial charge on any atom is -0.365 e. The maximum absolute atomic E-state index is 13.7. The number of benzene rings is 2. The lowest BCUT2D eigenvalue weighted by molar-refractivity contribution is 0.0999. The van der Waals surface area contributed by atoms with Crippen LogP contribution in [0, 0.1) is 11.3 Å². The van der Waals surface area contributed by atoms with Crippen molar-refractivity contribution in [2.45, 2.75) is 46.5 Å². The number of carbonyl (C=O) groups is 2. The van der Waals surface area contributed by atoms with Crippen LogP contribution in [0.5, 0.6) is 0 Å². The third-order valence-corrected chi connectivity index (χ3v) is 9.37. The van der Waals surface area contributed by atoms with Crippen molar-refractivity contribution in [3.8, 4) is 11.3 Å². The van der Waals surface area contributed by atoms with Crippen LogP contribution < -0.4 is 11.1 Å². The lowest BCUT2D eigenvalue weighted by Gasteiger charge is -2.36. The predicted octanol–water partition coefficient (Wildman–Crippen LogP) is 7.51. The maximum atomic E-state index is 13.7. The fraction of sp³-hybridized carbons (Fsp3) is 0.300. The number of pyridine rings is 1. The Hall–Kier alpha value is -3.22. The van der Waals surface area contributed by atoms with E-state index in [1.807, 2.05) is 42.5 Å². The molecule has 2 amide bonds. The first kappa shape index (κ1) is 25.4. The summed E-state index contributed by atoms with van der Waals surface area (Å²) in [6, 6.07) is 16.7. The Kier molecular flexibility index (Phi) is 6.82. The van der Waals surface area contributed by atoms with Gasteiger partial charge in [-0.1, -0.05) is 75.2 Å². The summed E-state index contributed by atoms with van der Waals surface area (Å²) in [5.74, 6) is -0.286. The van der Waals surface area contributed by atoms with Crippen molar-refractivity contribution in [1.29, 1.82) is 0 Å². The fourth-order valence-corrected chi connectivity index (χ4v) is 6.79. The van der Waals surface area contributed by atoms with E-state index in [1.54, 1.807) is 12.1 Å². The molecule has 5 rings (SSSR count). The molecule has 2 aromatic carbocycles. The third-order valence-electron chi connectivity index (χ3n) is 7.87. The highest BCUT2D eigenvalue weighted by Gasteiger charge is 2.35. The Morgan fingerprint density at radius 2 is 1.89 bits per heavy atom. The van der Waals surface area contributed by atoms with Crippen LogP contribution >= 0.6 is 22.9 Å². The van der Waals surface area contributed by atoms with Crippen LogP contribution in [0.25, 0.3) is 22.2 Å². The molecule has 1 aliphatic carbocycles. The highest BCUT2D eigenvalue weighted by atomic mass is 35.5. The quantitative estimate of drug-likeness (QED) is 0.270. The number of hydrogen-bond donors (Lipinski definition) is 2. The van der Waals surface area contributed by atoms with Crippen LogP contribution in [0.2, 0.25) is 5.02 Å². The number of nitrogens with one attached hydrogen (secondary N) is 1. The van der Waals surface area contributed by atoms with Crippen LogP contribution in [0.15, 0.2) is 54.6 Å². The molecule has 3 N–H and O–H groups in total. The average Bonchev–Trinajstić information content (AvgIpc) is 3.25. The molecule has 1 atom stereocenters. The molecule has 190 valence electrons. The largest absolute Gasteiger partial charge is 0.365 e. The van der Waals surface area contributed by atoms with Crippen molar-refractivity contribution in [3.63, 3.8) is 0 Å². The third kappa shape index (κ3) is 4.76. The summed E-state index contributed by atoms with van der Waals surface area (Å²) in [6.45, 7) is 6.83. The first-order valence-electron chi connectivity index (χ1n) is 12.6. The van der Waals surface area contributed by atoms with Crippen molar-refractivity contribution in [3.05, 3.63) is 81.2 Å². The normalized spacial score (nSPS) is 15.4. The summed E-state index contributed by atoms with van der Waals surface area (Å²) in [5, 5.41) is 4.84. The number of nitrogens with two attached hydrogens (primary N) is 1. The summed E-state index contributed by atoms with van der Waals surface area (Å²) in [4.78, 5) is 32.2. The number of thiophene rings is 1. The smallest absolute Gasteiger partial charge is 0.257 e. The monoisotopic (exact) mass is 531 g/mol. The molecule has 2 aromatic heterocycles. The van der Waals surface area contributed by atoms with Gasteiger partial charge in [-0.15, -0.1) is 11.3 Å². The first-order chi connectivity index (χ1) is 17.7. The molecule has 1 aliphatic rings. The summed E-state index contributed by atoms with van der Waals surface area (Å²) >= 11 is 7.93. The number of amides is 2. The highest BCUT2D eigenvalue weighted by Crippen LogP contribution is 2.45. The van der Waals surface area contributed by atoms with Gasteiger partial charge in [-0.2, -0.15) is 0 Å². The van der Waals surface area contributed by atoms with Gasteiger partial charge in [0.25, 0.3) is 11.8 Å². The van der Waals surface area contributed by atoms with Gasteiger partial charge in [-0.3, -0.25) is 9.59 Å². The predicted molar refractivity (Wildman–Crippen MR) is 153 cm³/mol. The summed E-state index contributed by atoms with van der Waals surface area (Å²) in [6.07, 6.45) is 3.79. The molecule has 7 heteroatoms. The van der Waals surface area contributed by atoms with Gasteiger partial charge in [0.1, 0.15) is 5.00 Å². The van der Waals surface area contributed by atoms with E-state index in [9.17, 15) is 9.59 Å². The number of hydrogen-bond acceptors (Lipinski definition) is 4. The summed E-state index contributed by atoms with van der Waals surface area (Å²) in [5.41, 5.74) is 10.0. The van der Waals surface area contributed by atoms with Gasteiger partial charge in [-0.25, -0.2) is 4.98 Å². The number of para-hydroxylation sites is 1. The molecule has 0 bridgehead atoms. The zero-order chi connectivity index (χ0) is 26.3. The van der Waals surface area contributed by atoms with E-state index in [0.29, 0.717) is 38.3 Å². The topological polar surface area (TPSA) is 85.1 Å². The lowest BCUT2D eigenvalue weighted by Crippen LogP contribution is -2.29. The number of fused-ring (bicyclic) bond motifs is 2. The molecule has 0 saturated carbocycles. The fourth-order valence-electron chi connectivity index (χ4n) is 5.23. The van der Waals surface area contributed by atoms with Crippen molar-refractivity contribution < 1.29 is 9.59 Å². The summed E-state index contributed by atoms with van der Waals surface area (Å²) < 4.78 is 0. The second-order valence-electron chi connectivity index (χ2n) is 10.4. The van der Waals surface area contributed by atoms with Crippen LogP contribution in [0.3, 0.4) is 0 Å². The van der Waals surface area contributed by atoms with Gasteiger partial charge >= 0.3 is 0 Å². The second kappa shape index (κ2) is 9.92. The molecule has 0 radical (unpaired) electrons. The number of rotatable bonds is 6. The molecule has 37 heavy (non-hydrogen) atoms. The van der Waals surface area contributed by atoms with E-state index < -0.39 is 5.91 Å². The molecule has 0 saturated heterocycles. The van der Waals surface area contributed by atoms with E-state index in [2.05, 4.69) is 26.1 Å². The van der Waals surface area contributed by atoms with E-state index in [4.69, 9.17) is 22.3 Å². The van der Waals surface area contributed by atoms with Crippen LogP contribution in [0.4, 0.5) is 5.00 Å². The van der Waals surface area contributed by atoms with Crippen molar-refractivity contribution in [2.75, 3.05) is 5.32 Å². The summed E-state index contributed by atoms with van der Waals surface area (Å²) in [7, 11) is 0. The van der Waals surface area contributed by atoms with Gasteiger partial charge in [0.05, 0.1) is 22.3 Å².